The Kier molecular flexibility index (Phi) is 7.34. The fourth-order valence-corrected chi connectivity index (χ4v) is 1.72. The average Bonchev–Trinajstić information content (AvgIpc) is 2.45. The molecular weight excluding hydrogens is 324 g/mol. The molecular formula is C13H18ClF2NO5. The van der Waals surface area contributed by atoms with Crippen molar-refractivity contribution in [3.8, 4) is 17.2 Å². The van der Waals surface area contributed by atoms with Gasteiger partial charge in [-0.15, -0.1) is 12.4 Å². The van der Waals surface area contributed by atoms with Crippen molar-refractivity contribution in [2.24, 2.45) is 5.73 Å². The number of esters is 1. The molecule has 1 aromatic carbocycles. The summed E-state index contributed by atoms with van der Waals surface area (Å²) in [6.07, 6.45) is 0. The second kappa shape index (κ2) is 8.00. The van der Waals surface area contributed by atoms with E-state index >= 15 is 0 Å². The van der Waals surface area contributed by atoms with Crippen molar-refractivity contribution < 1.29 is 32.9 Å². The van der Waals surface area contributed by atoms with Gasteiger partial charge in [0.1, 0.15) is 23.3 Å². The van der Waals surface area contributed by atoms with E-state index in [4.69, 9.17) is 15.2 Å². The van der Waals surface area contributed by atoms with Gasteiger partial charge in [-0.2, -0.15) is 8.78 Å². The molecule has 0 aromatic heterocycles. The van der Waals surface area contributed by atoms with Crippen molar-refractivity contribution >= 4 is 18.4 Å². The van der Waals surface area contributed by atoms with Gasteiger partial charge in [-0.1, -0.05) is 0 Å². The summed E-state index contributed by atoms with van der Waals surface area (Å²) in [5.74, 6) is -6.28. The molecule has 0 unspecified atom stereocenters. The van der Waals surface area contributed by atoms with Gasteiger partial charge in [0.15, 0.2) is 0 Å². The highest BCUT2D eigenvalue weighted by atomic mass is 35.5. The monoisotopic (exact) mass is 341 g/mol. The van der Waals surface area contributed by atoms with E-state index < -0.39 is 29.2 Å². The second-order valence-corrected chi connectivity index (χ2v) is 4.08. The summed E-state index contributed by atoms with van der Waals surface area (Å²) in [7, 11) is 2.55. The fourth-order valence-electron chi connectivity index (χ4n) is 1.72. The van der Waals surface area contributed by atoms with Crippen LogP contribution in [0.4, 0.5) is 8.78 Å². The van der Waals surface area contributed by atoms with E-state index in [1.165, 1.54) is 27.2 Å². The van der Waals surface area contributed by atoms with Crippen molar-refractivity contribution in [1.82, 2.24) is 0 Å². The molecule has 3 N–H and O–H groups in total. The van der Waals surface area contributed by atoms with E-state index in [1.54, 1.807) is 0 Å². The zero-order valence-electron chi connectivity index (χ0n) is 12.3. The van der Waals surface area contributed by atoms with Gasteiger partial charge in [-0.3, -0.25) is 0 Å². The molecule has 22 heavy (non-hydrogen) atoms. The molecule has 9 heteroatoms. The molecule has 0 heterocycles. The SMILES string of the molecule is CCOC(=O)C(F)(F)[C@H](N)c1c(O)cc(OC)cc1OC.Cl. The molecule has 0 radical (unpaired) electrons. The molecule has 0 aliphatic heterocycles. The number of phenolic OH excluding ortho intramolecular Hbond substituents is 1. The molecule has 1 rings (SSSR count). The standard InChI is InChI=1S/C13H17F2NO5.ClH/c1-4-21-12(18)13(14,15)11(16)10-8(17)5-7(19-2)6-9(10)20-3;/h5-6,11,17H,4,16H2,1-3H3;1H/t11-;/m1./s1. The van der Waals surface area contributed by atoms with Crippen LogP contribution in [0.1, 0.15) is 18.5 Å². The first-order chi connectivity index (χ1) is 9.79. The molecule has 0 aliphatic carbocycles. The number of alkyl halides is 2. The Hall–Kier alpha value is -1.80. The van der Waals surface area contributed by atoms with Crippen LogP contribution >= 0.6 is 12.4 Å². The number of carbonyl (C=O) groups is 1. The summed E-state index contributed by atoms with van der Waals surface area (Å²) in [6, 6.07) is 0.243. The van der Waals surface area contributed by atoms with Crippen molar-refractivity contribution in [2.75, 3.05) is 20.8 Å². The zero-order valence-corrected chi connectivity index (χ0v) is 13.1. The number of hydrogen-bond acceptors (Lipinski definition) is 6. The van der Waals surface area contributed by atoms with E-state index in [0.29, 0.717) is 0 Å². The minimum Gasteiger partial charge on any atom is -0.507 e. The van der Waals surface area contributed by atoms with E-state index in [-0.39, 0.29) is 30.5 Å². The number of carbonyl (C=O) groups excluding carboxylic acids is 1. The Balaban J connectivity index is 0.00000441. The van der Waals surface area contributed by atoms with Gasteiger partial charge >= 0.3 is 11.9 Å². The van der Waals surface area contributed by atoms with Crippen molar-refractivity contribution in [1.29, 1.82) is 0 Å². The van der Waals surface area contributed by atoms with Crippen molar-refractivity contribution in [3.63, 3.8) is 0 Å². The topological polar surface area (TPSA) is 91.0 Å². The van der Waals surface area contributed by atoms with Gasteiger partial charge in [-0.25, -0.2) is 4.79 Å². The summed E-state index contributed by atoms with van der Waals surface area (Å²) in [5.41, 5.74) is 5.03. The smallest absolute Gasteiger partial charge is 0.379 e. The van der Waals surface area contributed by atoms with E-state index in [9.17, 15) is 18.7 Å². The number of phenols is 1. The third kappa shape index (κ3) is 3.89. The van der Waals surface area contributed by atoms with Crippen molar-refractivity contribution in [3.05, 3.63) is 17.7 Å². The van der Waals surface area contributed by atoms with Crippen molar-refractivity contribution in [2.45, 2.75) is 18.9 Å². The lowest BCUT2D eigenvalue weighted by molar-refractivity contribution is -0.174. The molecule has 126 valence electrons. The van der Waals surface area contributed by atoms with Crippen LogP contribution in [-0.4, -0.2) is 37.8 Å². The Labute approximate surface area is 132 Å². The highest BCUT2D eigenvalue weighted by molar-refractivity contribution is 5.85. The summed E-state index contributed by atoms with van der Waals surface area (Å²) in [4.78, 5) is 11.3. The van der Waals surface area contributed by atoms with Gasteiger partial charge in [0.05, 0.1) is 26.4 Å². The number of rotatable bonds is 6. The summed E-state index contributed by atoms with van der Waals surface area (Å²) in [5, 5.41) is 9.85. The van der Waals surface area contributed by atoms with Gasteiger partial charge < -0.3 is 25.1 Å². The minimum atomic E-state index is -4.02. The Bertz CT molecular complexity index is 527. The second-order valence-electron chi connectivity index (χ2n) is 4.08. The minimum absolute atomic E-state index is 0. The van der Waals surface area contributed by atoms with Crippen LogP contribution in [0.2, 0.25) is 0 Å². The zero-order chi connectivity index (χ0) is 16.2. The lowest BCUT2D eigenvalue weighted by Gasteiger charge is -2.24. The Morgan fingerprint density at radius 2 is 1.95 bits per heavy atom. The lowest BCUT2D eigenvalue weighted by atomic mass is 9.99. The maximum atomic E-state index is 14.0. The largest absolute Gasteiger partial charge is 0.507 e. The van der Waals surface area contributed by atoms with E-state index in [1.807, 2.05) is 0 Å². The summed E-state index contributed by atoms with van der Waals surface area (Å²) >= 11 is 0. The first-order valence-electron chi connectivity index (χ1n) is 6.05. The van der Waals surface area contributed by atoms with E-state index in [2.05, 4.69) is 4.74 Å². The van der Waals surface area contributed by atoms with Gasteiger partial charge in [-0.05, 0) is 6.92 Å². The maximum absolute atomic E-state index is 14.0. The third-order valence-electron chi connectivity index (χ3n) is 2.80. The van der Waals surface area contributed by atoms with Crippen LogP contribution < -0.4 is 15.2 Å². The first kappa shape index (κ1) is 20.2. The quantitative estimate of drug-likeness (QED) is 0.769. The molecule has 1 atom stereocenters. The highest BCUT2D eigenvalue weighted by Crippen LogP contribution is 2.42. The summed E-state index contributed by atoms with van der Waals surface area (Å²) < 4.78 is 42.0. The Morgan fingerprint density at radius 1 is 1.36 bits per heavy atom. The predicted molar refractivity (Wildman–Crippen MR) is 77.0 cm³/mol. The molecule has 0 saturated heterocycles. The first-order valence-corrected chi connectivity index (χ1v) is 6.05. The molecule has 1 aromatic rings. The van der Waals surface area contributed by atoms with Crippen LogP contribution in [0.5, 0.6) is 17.2 Å². The van der Waals surface area contributed by atoms with Crippen LogP contribution in [-0.2, 0) is 9.53 Å². The average molecular weight is 342 g/mol. The van der Waals surface area contributed by atoms with Gasteiger partial charge in [0.25, 0.3) is 0 Å². The number of methoxy groups -OCH3 is 2. The van der Waals surface area contributed by atoms with E-state index in [0.717, 1.165) is 6.07 Å². The molecule has 0 amide bonds. The van der Waals surface area contributed by atoms with Crippen LogP contribution in [0.3, 0.4) is 0 Å². The van der Waals surface area contributed by atoms with Gasteiger partial charge in [0.2, 0.25) is 0 Å². The van der Waals surface area contributed by atoms with Crippen LogP contribution in [0, 0.1) is 0 Å². The normalized spacial score (nSPS) is 12.1. The number of halogens is 3. The number of ether oxygens (including phenoxy) is 3. The molecule has 6 nitrogen and oxygen atoms in total. The Morgan fingerprint density at radius 3 is 2.41 bits per heavy atom. The molecule has 0 bridgehead atoms. The summed E-state index contributed by atoms with van der Waals surface area (Å²) in [6.45, 7) is 1.18. The number of benzene rings is 1. The molecule has 0 aliphatic rings. The van der Waals surface area contributed by atoms with Crippen LogP contribution in [0.15, 0.2) is 12.1 Å². The number of nitrogens with two attached hydrogens (primary N) is 1. The van der Waals surface area contributed by atoms with Gasteiger partial charge in [0, 0.05) is 12.1 Å². The maximum Gasteiger partial charge on any atom is 0.379 e. The highest BCUT2D eigenvalue weighted by Gasteiger charge is 2.49. The fraction of sp³-hybridized carbons (Fsp3) is 0.462. The lowest BCUT2D eigenvalue weighted by Crippen LogP contribution is -2.42. The molecule has 0 saturated carbocycles. The molecule has 0 spiro atoms. The molecule has 0 fully saturated rings. The van der Waals surface area contributed by atoms with Crippen LogP contribution in [0.25, 0.3) is 0 Å². The third-order valence-corrected chi connectivity index (χ3v) is 2.80. The number of aromatic hydroxyl groups is 1. The number of hydrogen-bond donors (Lipinski definition) is 2. The predicted octanol–water partition coefficient (Wildman–Crippen LogP) is 2.03.